The van der Waals surface area contributed by atoms with Gasteiger partial charge >= 0.3 is 0 Å². The zero-order valence-corrected chi connectivity index (χ0v) is 13.8. The number of hydrogen-bond donors (Lipinski definition) is 0. The molecule has 3 rings (SSSR count). The fourth-order valence-electron chi connectivity index (χ4n) is 3.29. The molecule has 0 amide bonds. The molecule has 0 heterocycles. The second-order valence-corrected chi connectivity index (χ2v) is 6.12. The average molecular weight is 302 g/mol. The number of carbonyl (C=O) groups is 1. The van der Waals surface area contributed by atoms with Gasteiger partial charge in [-0.2, -0.15) is 0 Å². The molecule has 0 aliphatic heterocycles. The normalized spacial score (nSPS) is 19.5. The lowest BCUT2D eigenvalue weighted by molar-refractivity contribution is -0.112. The molecular weight excluding hydrogens is 280 g/mol. The van der Waals surface area contributed by atoms with E-state index in [1.165, 1.54) is 0 Å². The largest absolute Gasteiger partial charge is 0.289 e. The summed E-state index contributed by atoms with van der Waals surface area (Å²) >= 11 is 0. The Labute approximate surface area is 138 Å². The van der Waals surface area contributed by atoms with Gasteiger partial charge in [-0.15, -0.1) is 0 Å². The second kappa shape index (κ2) is 6.78. The number of carbonyl (C=O) groups excluding carboxylic acids is 1. The van der Waals surface area contributed by atoms with Crippen molar-refractivity contribution in [3.8, 4) is 0 Å². The third-order valence-corrected chi connectivity index (χ3v) is 4.72. The van der Waals surface area contributed by atoms with Crippen LogP contribution in [0.4, 0.5) is 0 Å². The maximum Gasteiger partial charge on any atom is 0.185 e. The molecule has 1 fully saturated rings. The standard InChI is InChI=1S/C22H22O/c1-16(18-10-5-3-6-11-18)20-14-9-15-21(22(20)23)17(2)19-12-7-4-8-13-19/h3-8,10-13H,9,14-15H2,1-2H3/b20-16-,21-17+. The highest BCUT2D eigenvalue weighted by Crippen LogP contribution is 2.34. The number of rotatable bonds is 2. The van der Waals surface area contributed by atoms with Crippen LogP contribution in [0.1, 0.15) is 44.2 Å². The first-order valence-electron chi connectivity index (χ1n) is 8.23. The van der Waals surface area contributed by atoms with Gasteiger partial charge in [0.25, 0.3) is 0 Å². The van der Waals surface area contributed by atoms with Crippen molar-refractivity contribution in [3.63, 3.8) is 0 Å². The predicted molar refractivity (Wildman–Crippen MR) is 96.9 cm³/mol. The molecule has 2 aromatic rings. The van der Waals surface area contributed by atoms with Crippen LogP contribution in [0.3, 0.4) is 0 Å². The summed E-state index contributed by atoms with van der Waals surface area (Å²) in [5.41, 5.74) is 6.49. The first kappa shape index (κ1) is 15.5. The van der Waals surface area contributed by atoms with E-state index in [1.54, 1.807) is 0 Å². The summed E-state index contributed by atoms with van der Waals surface area (Å²) in [4.78, 5) is 13.0. The van der Waals surface area contributed by atoms with E-state index in [2.05, 4.69) is 38.1 Å². The lowest BCUT2D eigenvalue weighted by atomic mass is 9.82. The number of hydrogen-bond acceptors (Lipinski definition) is 1. The van der Waals surface area contributed by atoms with Crippen LogP contribution in [0.2, 0.25) is 0 Å². The molecule has 0 aromatic heterocycles. The molecule has 0 spiro atoms. The van der Waals surface area contributed by atoms with Gasteiger partial charge in [0.1, 0.15) is 0 Å². The summed E-state index contributed by atoms with van der Waals surface area (Å²) in [5, 5.41) is 0. The van der Waals surface area contributed by atoms with E-state index in [0.717, 1.165) is 52.7 Å². The molecule has 23 heavy (non-hydrogen) atoms. The van der Waals surface area contributed by atoms with Crippen molar-refractivity contribution >= 4 is 16.9 Å². The van der Waals surface area contributed by atoms with Gasteiger partial charge in [0.2, 0.25) is 0 Å². The van der Waals surface area contributed by atoms with Crippen molar-refractivity contribution < 1.29 is 4.79 Å². The predicted octanol–water partition coefficient (Wildman–Crippen LogP) is 5.69. The average Bonchev–Trinajstić information content (AvgIpc) is 2.62. The minimum atomic E-state index is 0.235. The Balaban J connectivity index is 2.02. The summed E-state index contributed by atoms with van der Waals surface area (Å²) in [6.07, 6.45) is 2.81. The summed E-state index contributed by atoms with van der Waals surface area (Å²) in [6.45, 7) is 4.15. The maximum absolute atomic E-state index is 13.0. The van der Waals surface area contributed by atoms with Crippen LogP contribution in [0.15, 0.2) is 71.8 Å². The fourth-order valence-corrected chi connectivity index (χ4v) is 3.29. The number of allylic oxidation sites excluding steroid dienone is 4. The highest BCUT2D eigenvalue weighted by Gasteiger charge is 2.24. The number of benzene rings is 2. The van der Waals surface area contributed by atoms with E-state index < -0.39 is 0 Å². The molecule has 0 bridgehead atoms. The van der Waals surface area contributed by atoms with E-state index >= 15 is 0 Å². The van der Waals surface area contributed by atoms with Crippen molar-refractivity contribution in [2.24, 2.45) is 0 Å². The molecule has 1 saturated carbocycles. The van der Waals surface area contributed by atoms with E-state index in [0.29, 0.717) is 0 Å². The van der Waals surface area contributed by atoms with Crippen molar-refractivity contribution in [1.29, 1.82) is 0 Å². The molecule has 0 saturated heterocycles. The van der Waals surface area contributed by atoms with Gasteiger partial charge in [-0.1, -0.05) is 60.7 Å². The van der Waals surface area contributed by atoms with Gasteiger partial charge in [-0.05, 0) is 55.4 Å². The summed E-state index contributed by atoms with van der Waals surface area (Å²) in [7, 11) is 0. The van der Waals surface area contributed by atoms with Gasteiger partial charge < -0.3 is 0 Å². The maximum atomic E-state index is 13.0. The highest BCUT2D eigenvalue weighted by molar-refractivity contribution is 6.16. The lowest BCUT2D eigenvalue weighted by Crippen LogP contribution is -2.15. The van der Waals surface area contributed by atoms with E-state index in [9.17, 15) is 4.79 Å². The van der Waals surface area contributed by atoms with Crippen molar-refractivity contribution in [3.05, 3.63) is 82.9 Å². The zero-order valence-electron chi connectivity index (χ0n) is 13.8. The monoisotopic (exact) mass is 302 g/mol. The van der Waals surface area contributed by atoms with Gasteiger partial charge in [0, 0.05) is 11.1 Å². The first-order chi connectivity index (χ1) is 11.2. The minimum absolute atomic E-state index is 0.235. The third-order valence-electron chi connectivity index (χ3n) is 4.72. The zero-order chi connectivity index (χ0) is 16.2. The van der Waals surface area contributed by atoms with E-state index in [1.807, 2.05) is 36.4 Å². The molecule has 1 aliphatic rings. The Morgan fingerprint density at radius 3 is 1.48 bits per heavy atom. The van der Waals surface area contributed by atoms with Crippen LogP contribution < -0.4 is 0 Å². The van der Waals surface area contributed by atoms with Gasteiger partial charge in [-0.3, -0.25) is 4.79 Å². The smallest absolute Gasteiger partial charge is 0.185 e. The Bertz CT molecular complexity index is 699. The molecule has 1 aliphatic carbocycles. The topological polar surface area (TPSA) is 17.1 Å². The molecule has 0 atom stereocenters. The van der Waals surface area contributed by atoms with Crippen LogP contribution in [0.5, 0.6) is 0 Å². The van der Waals surface area contributed by atoms with Crippen LogP contribution >= 0.6 is 0 Å². The SMILES string of the molecule is C/C(=C1\CCC/C(=C(/C)c2ccccc2)C1=O)c1ccccc1. The quantitative estimate of drug-likeness (QED) is 0.652. The van der Waals surface area contributed by atoms with Gasteiger partial charge in [-0.25, -0.2) is 0 Å². The molecule has 0 radical (unpaired) electrons. The third kappa shape index (κ3) is 3.19. The van der Waals surface area contributed by atoms with Crippen molar-refractivity contribution in [2.45, 2.75) is 33.1 Å². The Kier molecular flexibility index (Phi) is 4.57. The lowest BCUT2D eigenvalue weighted by Gasteiger charge is -2.21. The Hall–Kier alpha value is -2.41. The molecular formula is C22H22O. The Morgan fingerprint density at radius 2 is 1.09 bits per heavy atom. The number of Topliss-reactive ketones (excluding diaryl/α,β-unsaturated/α-hetero) is 1. The van der Waals surface area contributed by atoms with E-state index in [4.69, 9.17) is 0 Å². The highest BCUT2D eigenvalue weighted by atomic mass is 16.1. The fraction of sp³-hybridized carbons (Fsp3) is 0.227. The second-order valence-electron chi connectivity index (χ2n) is 6.12. The van der Waals surface area contributed by atoms with Gasteiger partial charge in [0.05, 0.1) is 0 Å². The number of ketones is 1. The molecule has 116 valence electrons. The van der Waals surface area contributed by atoms with Crippen molar-refractivity contribution in [2.75, 3.05) is 0 Å². The van der Waals surface area contributed by atoms with Gasteiger partial charge in [0.15, 0.2) is 5.78 Å². The van der Waals surface area contributed by atoms with Crippen LogP contribution in [-0.4, -0.2) is 5.78 Å². The summed E-state index contributed by atoms with van der Waals surface area (Å²) in [5.74, 6) is 0.235. The minimum Gasteiger partial charge on any atom is -0.289 e. The van der Waals surface area contributed by atoms with E-state index in [-0.39, 0.29) is 5.78 Å². The molecule has 1 heteroatoms. The Morgan fingerprint density at radius 1 is 0.696 bits per heavy atom. The molecule has 2 aromatic carbocycles. The van der Waals surface area contributed by atoms with Crippen LogP contribution in [0.25, 0.3) is 11.1 Å². The first-order valence-corrected chi connectivity index (χ1v) is 8.23. The molecule has 0 unspecified atom stereocenters. The van der Waals surface area contributed by atoms with Crippen LogP contribution in [0, 0.1) is 0 Å². The van der Waals surface area contributed by atoms with Crippen molar-refractivity contribution in [1.82, 2.24) is 0 Å². The molecule has 1 nitrogen and oxygen atoms in total. The summed E-state index contributed by atoms with van der Waals surface area (Å²) in [6, 6.07) is 20.4. The van der Waals surface area contributed by atoms with Crippen LogP contribution in [-0.2, 0) is 4.79 Å². The molecule has 0 N–H and O–H groups in total. The summed E-state index contributed by atoms with van der Waals surface area (Å²) < 4.78 is 0.